The zero-order valence-corrected chi connectivity index (χ0v) is 38.0. The number of benzene rings is 4. The SMILES string of the molecule is CCCOc1cnc(Oc2cc(C)c(-c3csc(NC(=O)c4ccccc4)n3)c(C)c2)cn1.Cc1cnc(Sc2cc(C)c(-c3csc(NC(=O)c4ccccc4)n3)c(C)c2)cn1. The van der Waals surface area contributed by atoms with Crippen LogP contribution in [0.5, 0.6) is 17.5 Å². The lowest BCUT2D eigenvalue weighted by molar-refractivity contribution is 0.101. The number of aryl methyl sites for hydroxylation is 5. The van der Waals surface area contributed by atoms with Crippen LogP contribution in [0.2, 0.25) is 0 Å². The van der Waals surface area contributed by atoms with Gasteiger partial charge in [0.15, 0.2) is 10.3 Å². The molecule has 318 valence electrons. The molecule has 2 amide bonds. The first-order chi connectivity index (χ1) is 30.5. The second-order valence-corrected chi connectivity index (χ2v) is 17.1. The number of hydrogen-bond acceptors (Lipinski definition) is 13. The van der Waals surface area contributed by atoms with Crippen LogP contribution in [0.3, 0.4) is 0 Å². The van der Waals surface area contributed by atoms with Crippen molar-refractivity contribution >= 4 is 56.5 Å². The lowest BCUT2D eigenvalue weighted by atomic mass is 10.0. The molecule has 12 nitrogen and oxygen atoms in total. The molecule has 2 N–H and O–H groups in total. The summed E-state index contributed by atoms with van der Waals surface area (Å²) in [5.74, 6) is 1.20. The molecule has 0 bridgehead atoms. The minimum Gasteiger partial charge on any atom is -0.477 e. The number of hydrogen-bond donors (Lipinski definition) is 2. The zero-order chi connectivity index (χ0) is 44.3. The summed E-state index contributed by atoms with van der Waals surface area (Å²) in [6, 6.07) is 26.4. The number of nitrogens with one attached hydrogen (secondary N) is 2. The van der Waals surface area contributed by atoms with Gasteiger partial charge in [-0.3, -0.25) is 25.2 Å². The van der Waals surface area contributed by atoms with Crippen LogP contribution >= 0.6 is 34.4 Å². The van der Waals surface area contributed by atoms with Crippen LogP contribution in [0.25, 0.3) is 22.5 Å². The number of nitrogens with zero attached hydrogens (tertiary/aromatic N) is 6. The highest BCUT2D eigenvalue weighted by molar-refractivity contribution is 7.99. The third-order valence-corrected chi connectivity index (χ3v) is 11.7. The van der Waals surface area contributed by atoms with Gasteiger partial charge >= 0.3 is 0 Å². The fraction of sp³-hybridized carbons (Fsp3) is 0.167. The molecule has 0 spiro atoms. The molecule has 0 fully saturated rings. The van der Waals surface area contributed by atoms with E-state index in [4.69, 9.17) is 9.47 Å². The van der Waals surface area contributed by atoms with E-state index in [2.05, 4.69) is 66.5 Å². The van der Waals surface area contributed by atoms with Crippen molar-refractivity contribution in [1.29, 1.82) is 0 Å². The molecular weight excluding hydrogens is 849 g/mol. The van der Waals surface area contributed by atoms with E-state index in [0.717, 1.165) is 66.8 Å². The van der Waals surface area contributed by atoms with Crippen LogP contribution in [-0.4, -0.2) is 48.3 Å². The van der Waals surface area contributed by atoms with E-state index in [9.17, 15) is 9.59 Å². The smallest absolute Gasteiger partial charge is 0.257 e. The number of anilines is 2. The van der Waals surface area contributed by atoms with Crippen molar-refractivity contribution in [2.45, 2.75) is 57.9 Å². The fourth-order valence-corrected chi connectivity index (χ4v) is 8.81. The topological polar surface area (TPSA) is 154 Å². The highest BCUT2D eigenvalue weighted by Gasteiger charge is 2.17. The number of rotatable bonds is 13. The van der Waals surface area contributed by atoms with E-state index in [1.54, 1.807) is 60.8 Å². The van der Waals surface area contributed by atoms with E-state index in [1.807, 2.05) is 87.0 Å². The molecule has 0 aliphatic heterocycles. The van der Waals surface area contributed by atoms with Crippen LogP contribution in [-0.2, 0) is 0 Å². The molecule has 4 heterocycles. The molecule has 0 atom stereocenters. The van der Waals surface area contributed by atoms with E-state index in [-0.39, 0.29) is 11.8 Å². The first-order valence-corrected chi connectivity index (χ1v) is 22.6. The summed E-state index contributed by atoms with van der Waals surface area (Å²) in [7, 11) is 0. The van der Waals surface area contributed by atoms with E-state index < -0.39 is 0 Å². The molecule has 0 aliphatic carbocycles. The average Bonchev–Trinajstić information content (AvgIpc) is 3.94. The van der Waals surface area contributed by atoms with Gasteiger partial charge < -0.3 is 9.47 Å². The molecule has 8 rings (SSSR count). The molecule has 15 heteroatoms. The Balaban J connectivity index is 0.000000190. The predicted molar refractivity (Wildman–Crippen MR) is 252 cm³/mol. The van der Waals surface area contributed by atoms with E-state index >= 15 is 0 Å². The minimum atomic E-state index is -0.180. The minimum absolute atomic E-state index is 0.157. The van der Waals surface area contributed by atoms with Gasteiger partial charge in [0.2, 0.25) is 11.8 Å². The predicted octanol–water partition coefficient (Wildman–Crippen LogP) is 12.0. The Kier molecular flexibility index (Phi) is 14.6. The van der Waals surface area contributed by atoms with Crippen molar-refractivity contribution in [3.05, 3.63) is 160 Å². The highest BCUT2D eigenvalue weighted by Crippen LogP contribution is 2.36. The molecule has 0 saturated heterocycles. The van der Waals surface area contributed by atoms with Gasteiger partial charge in [-0.1, -0.05) is 55.1 Å². The standard InChI is InChI=1S/C25H24N4O3S.C23H20N4OS2/c1-4-10-31-21-13-27-22(14-26-21)32-19-11-16(2)23(17(3)12-19)20-15-33-25(28-20)29-24(30)18-8-6-5-7-9-18;1-14-9-18(30-20-12-24-16(3)11-25-20)10-15(2)21(14)19-13-29-23(26-19)27-22(28)17-7-5-4-6-8-17/h5-9,11-15H,4,10H2,1-3H3,(H,28,29,30);4-13H,1-3H3,(H,26,27,28). The fourth-order valence-electron chi connectivity index (χ4n) is 6.50. The second-order valence-electron chi connectivity index (χ2n) is 14.3. The molecule has 0 unspecified atom stereocenters. The van der Waals surface area contributed by atoms with Crippen LogP contribution in [0, 0.1) is 34.6 Å². The van der Waals surface area contributed by atoms with Gasteiger partial charge in [-0.05, 0) is 112 Å². The maximum Gasteiger partial charge on any atom is 0.257 e. The van der Waals surface area contributed by atoms with E-state index in [1.165, 1.54) is 22.7 Å². The number of carbonyl (C=O) groups is 2. The third-order valence-electron chi connectivity index (χ3n) is 9.31. The Morgan fingerprint density at radius 2 is 1.13 bits per heavy atom. The summed E-state index contributed by atoms with van der Waals surface area (Å²) in [5, 5.41) is 11.7. The van der Waals surface area contributed by atoms with Crippen LogP contribution in [0.1, 0.15) is 62.0 Å². The molecule has 0 radical (unpaired) electrons. The number of carbonyl (C=O) groups excluding carboxylic acids is 2. The normalized spacial score (nSPS) is 10.7. The Hall–Kier alpha value is -6.81. The van der Waals surface area contributed by atoms with Crippen molar-refractivity contribution < 1.29 is 19.1 Å². The van der Waals surface area contributed by atoms with Gasteiger partial charge in [0, 0.05) is 44.1 Å². The summed E-state index contributed by atoms with van der Waals surface area (Å²) in [6.07, 6.45) is 7.58. The highest BCUT2D eigenvalue weighted by atomic mass is 32.2. The van der Waals surface area contributed by atoms with Crippen LogP contribution in [0.4, 0.5) is 10.3 Å². The van der Waals surface area contributed by atoms with Crippen molar-refractivity contribution in [2.24, 2.45) is 0 Å². The summed E-state index contributed by atoms with van der Waals surface area (Å²) in [5.41, 5.74) is 10.2. The molecule has 4 aromatic heterocycles. The van der Waals surface area contributed by atoms with Crippen LogP contribution < -0.4 is 20.1 Å². The monoisotopic (exact) mass is 892 g/mol. The third kappa shape index (κ3) is 11.8. The lowest BCUT2D eigenvalue weighted by Gasteiger charge is -2.12. The van der Waals surface area contributed by atoms with Gasteiger partial charge in [-0.2, -0.15) is 0 Å². The summed E-state index contributed by atoms with van der Waals surface area (Å²) in [6.45, 7) is 12.7. The molecule has 8 aromatic rings. The average molecular weight is 893 g/mol. The molecule has 0 saturated carbocycles. The van der Waals surface area contributed by atoms with Crippen molar-refractivity contribution in [2.75, 3.05) is 17.2 Å². The molecule has 63 heavy (non-hydrogen) atoms. The Morgan fingerprint density at radius 1 is 0.619 bits per heavy atom. The van der Waals surface area contributed by atoms with Gasteiger partial charge in [0.05, 0.1) is 42.3 Å². The van der Waals surface area contributed by atoms with Gasteiger partial charge in [0.25, 0.3) is 11.8 Å². The number of thiazole rings is 2. The lowest BCUT2D eigenvalue weighted by Crippen LogP contribution is -2.11. The van der Waals surface area contributed by atoms with Gasteiger partial charge in [-0.25, -0.2) is 24.9 Å². The van der Waals surface area contributed by atoms with E-state index in [0.29, 0.717) is 45.5 Å². The first-order valence-electron chi connectivity index (χ1n) is 20.0. The van der Waals surface area contributed by atoms with Gasteiger partial charge in [0.1, 0.15) is 10.8 Å². The number of aromatic nitrogens is 6. The first kappa shape index (κ1) is 44.3. The summed E-state index contributed by atoms with van der Waals surface area (Å²) < 4.78 is 11.3. The Bertz CT molecular complexity index is 2770. The largest absolute Gasteiger partial charge is 0.477 e. The number of amides is 2. The maximum atomic E-state index is 12.4. The zero-order valence-electron chi connectivity index (χ0n) is 35.5. The van der Waals surface area contributed by atoms with Crippen molar-refractivity contribution in [3.8, 4) is 40.0 Å². The Labute approximate surface area is 378 Å². The Morgan fingerprint density at radius 3 is 1.60 bits per heavy atom. The quantitative estimate of drug-likeness (QED) is 0.114. The van der Waals surface area contributed by atoms with Gasteiger partial charge in [-0.15, -0.1) is 22.7 Å². The summed E-state index contributed by atoms with van der Waals surface area (Å²) in [4.78, 5) is 52.4. The molecule has 4 aromatic carbocycles. The molecular formula is C48H44N8O4S3. The summed E-state index contributed by atoms with van der Waals surface area (Å²) >= 11 is 4.41. The second kappa shape index (κ2) is 20.8. The van der Waals surface area contributed by atoms with Crippen molar-refractivity contribution in [3.63, 3.8) is 0 Å². The maximum absolute atomic E-state index is 12.4. The van der Waals surface area contributed by atoms with Crippen molar-refractivity contribution in [1.82, 2.24) is 29.9 Å². The number of ether oxygens (including phenoxy) is 2. The van der Waals surface area contributed by atoms with Crippen LogP contribution in [0.15, 0.2) is 130 Å². The molecule has 0 aliphatic rings.